The second-order valence-corrected chi connectivity index (χ2v) is 3.34. The minimum absolute atomic E-state index is 0.467. The van der Waals surface area contributed by atoms with Crippen LogP contribution in [0.4, 0.5) is 0 Å². The highest BCUT2D eigenvalue weighted by molar-refractivity contribution is 6.13. The third kappa shape index (κ3) is 2.65. The van der Waals surface area contributed by atoms with Crippen molar-refractivity contribution in [3.63, 3.8) is 0 Å². The fourth-order valence-electron chi connectivity index (χ4n) is 1.23. The van der Waals surface area contributed by atoms with Crippen molar-refractivity contribution in [3.8, 4) is 0 Å². The van der Waals surface area contributed by atoms with Crippen molar-refractivity contribution in [1.82, 2.24) is 0 Å². The molecule has 90 valence electrons. The van der Waals surface area contributed by atoms with Crippen LogP contribution in [0.15, 0.2) is 12.7 Å². The zero-order chi connectivity index (χ0) is 12.9. The molecule has 0 bridgehead atoms. The number of carboxylic acids is 1. The lowest BCUT2D eigenvalue weighted by atomic mass is 9.80. The van der Waals surface area contributed by atoms with Gasteiger partial charge in [0.2, 0.25) is 0 Å². The van der Waals surface area contributed by atoms with Gasteiger partial charge in [0, 0.05) is 5.92 Å². The highest BCUT2D eigenvalue weighted by atomic mass is 16.7. The van der Waals surface area contributed by atoms with E-state index in [0.717, 1.165) is 6.08 Å². The van der Waals surface area contributed by atoms with Crippen molar-refractivity contribution < 1.29 is 24.3 Å². The van der Waals surface area contributed by atoms with Crippen LogP contribution in [0.5, 0.6) is 0 Å². The van der Waals surface area contributed by atoms with Gasteiger partial charge in [-0.15, -0.1) is 0 Å². The number of nitrogens with two attached hydrogens (primary N) is 2. The third-order valence-electron chi connectivity index (χ3n) is 2.30. The Morgan fingerprint density at radius 3 is 2.38 bits per heavy atom. The molecule has 0 aliphatic heterocycles. The van der Waals surface area contributed by atoms with Crippen molar-refractivity contribution in [2.24, 2.45) is 17.5 Å². The molecule has 0 aromatic heterocycles. The van der Waals surface area contributed by atoms with Crippen molar-refractivity contribution >= 4 is 17.7 Å². The summed E-state index contributed by atoms with van der Waals surface area (Å²) in [6, 6.07) is 0. The predicted octanol–water partition coefficient (Wildman–Crippen LogP) is -1.03. The lowest BCUT2D eigenvalue weighted by Crippen LogP contribution is -2.60. The number of aliphatic carboxylic acids is 1. The molecule has 0 aliphatic rings. The first-order valence-electron chi connectivity index (χ1n) is 4.39. The molecule has 0 heterocycles. The average Bonchev–Trinajstić information content (AvgIpc) is 2.24. The molecule has 0 saturated heterocycles. The van der Waals surface area contributed by atoms with E-state index in [9.17, 15) is 14.4 Å². The first-order valence-corrected chi connectivity index (χ1v) is 4.39. The Morgan fingerprint density at radius 1 is 1.56 bits per heavy atom. The van der Waals surface area contributed by atoms with E-state index in [1.54, 1.807) is 0 Å². The van der Waals surface area contributed by atoms with Crippen LogP contribution in [-0.4, -0.2) is 28.4 Å². The van der Waals surface area contributed by atoms with Gasteiger partial charge >= 0.3 is 11.9 Å². The van der Waals surface area contributed by atoms with Crippen LogP contribution in [0.3, 0.4) is 0 Å². The molecule has 2 atom stereocenters. The van der Waals surface area contributed by atoms with E-state index >= 15 is 0 Å². The predicted molar refractivity (Wildman–Crippen MR) is 53.8 cm³/mol. The molecular weight excluding hydrogens is 216 g/mol. The highest BCUT2D eigenvalue weighted by Crippen LogP contribution is 2.21. The maximum Gasteiger partial charge on any atom is 0.352 e. The largest absolute Gasteiger partial charge is 0.481 e. The molecule has 16 heavy (non-hydrogen) atoms. The second kappa shape index (κ2) is 5.38. The molecule has 5 N–H and O–H groups in total. The number of carbonyl (C=O) groups is 3. The van der Waals surface area contributed by atoms with Crippen LogP contribution in [0.1, 0.15) is 13.3 Å². The number of hydrogen-bond donors (Lipinski definition) is 3. The average molecular weight is 230 g/mol. The summed E-state index contributed by atoms with van der Waals surface area (Å²) >= 11 is 0. The van der Waals surface area contributed by atoms with E-state index in [1.807, 2.05) is 0 Å². The molecule has 0 saturated carbocycles. The standard InChI is InChI=1S/C9H14N2O5/c1-3-6(12)9(10,8(15)16-11)5(2)4-7(13)14/h3,5H,1,4,10-11H2,2H3,(H,13,14). The maximum absolute atomic E-state index is 11.5. The minimum atomic E-state index is -2.12. The van der Waals surface area contributed by atoms with Gasteiger partial charge in [-0.3, -0.25) is 9.59 Å². The van der Waals surface area contributed by atoms with E-state index in [1.165, 1.54) is 6.92 Å². The molecule has 7 heteroatoms. The molecule has 2 unspecified atom stereocenters. The van der Waals surface area contributed by atoms with E-state index < -0.39 is 35.6 Å². The first kappa shape index (κ1) is 14.3. The van der Waals surface area contributed by atoms with Crippen molar-refractivity contribution in [2.45, 2.75) is 18.9 Å². The van der Waals surface area contributed by atoms with Gasteiger partial charge in [0.25, 0.3) is 0 Å². The summed E-state index contributed by atoms with van der Waals surface area (Å²) in [5, 5.41) is 8.58. The lowest BCUT2D eigenvalue weighted by Gasteiger charge is -2.28. The zero-order valence-corrected chi connectivity index (χ0v) is 8.80. The van der Waals surface area contributed by atoms with Crippen LogP contribution < -0.4 is 11.6 Å². The number of hydrogen-bond acceptors (Lipinski definition) is 6. The molecule has 0 rings (SSSR count). The van der Waals surface area contributed by atoms with Gasteiger partial charge in [0.15, 0.2) is 11.3 Å². The van der Waals surface area contributed by atoms with Gasteiger partial charge in [-0.05, 0) is 6.08 Å². The third-order valence-corrected chi connectivity index (χ3v) is 2.30. The van der Waals surface area contributed by atoms with E-state index in [0.29, 0.717) is 0 Å². The molecule has 0 aliphatic carbocycles. The van der Waals surface area contributed by atoms with E-state index in [4.69, 9.17) is 10.8 Å². The summed E-state index contributed by atoms with van der Waals surface area (Å²) in [5.41, 5.74) is 3.44. The van der Waals surface area contributed by atoms with Gasteiger partial charge in [0.1, 0.15) is 0 Å². The van der Waals surface area contributed by atoms with Gasteiger partial charge in [0.05, 0.1) is 6.42 Å². The van der Waals surface area contributed by atoms with Gasteiger partial charge < -0.3 is 15.7 Å². The van der Waals surface area contributed by atoms with Gasteiger partial charge in [-0.25, -0.2) is 4.79 Å². The number of ketones is 1. The van der Waals surface area contributed by atoms with Crippen LogP contribution >= 0.6 is 0 Å². The molecule has 0 amide bonds. The topological polar surface area (TPSA) is 133 Å². The molecule has 0 aromatic rings. The summed E-state index contributed by atoms with van der Waals surface area (Å²) in [4.78, 5) is 37.2. The Kier molecular flexibility index (Phi) is 4.80. The van der Waals surface area contributed by atoms with Crippen molar-refractivity contribution in [1.29, 1.82) is 0 Å². The summed E-state index contributed by atoms with van der Waals surface area (Å²) < 4.78 is 0. The second-order valence-electron chi connectivity index (χ2n) is 3.34. The lowest BCUT2D eigenvalue weighted by molar-refractivity contribution is -0.156. The number of carbonyl (C=O) groups excluding carboxylic acids is 2. The minimum Gasteiger partial charge on any atom is -0.481 e. The smallest absolute Gasteiger partial charge is 0.352 e. The Bertz CT molecular complexity index is 328. The summed E-state index contributed by atoms with van der Waals surface area (Å²) in [5.74, 6) is 0.474. The van der Waals surface area contributed by atoms with E-state index in [-0.39, 0.29) is 0 Å². The van der Waals surface area contributed by atoms with Gasteiger partial charge in [-0.2, -0.15) is 5.90 Å². The number of carboxylic acid groups (broad SMARTS) is 1. The Morgan fingerprint density at radius 2 is 2.06 bits per heavy atom. The molecule has 0 fully saturated rings. The SMILES string of the molecule is C=CC(=O)C(N)(C(=O)ON)C(C)CC(=O)O. The summed E-state index contributed by atoms with van der Waals surface area (Å²) in [7, 11) is 0. The Labute approximate surface area is 92.0 Å². The van der Waals surface area contributed by atoms with Crippen molar-refractivity contribution in [2.75, 3.05) is 0 Å². The quantitative estimate of drug-likeness (QED) is 0.301. The van der Waals surface area contributed by atoms with Crippen LogP contribution in [0.25, 0.3) is 0 Å². The zero-order valence-electron chi connectivity index (χ0n) is 8.80. The monoisotopic (exact) mass is 230 g/mol. The summed E-state index contributed by atoms with van der Waals surface area (Å²) in [6.07, 6.45) is 0.362. The molecule has 0 spiro atoms. The summed E-state index contributed by atoms with van der Waals surface area (Å²) in [6.45, 7) is 4.52. The van der Waals surface area contributed by atoms with E-state index in [2.05, 4.69) is 17.3 Å². The first-order chi connectivity index (χ1) is 7.30. The van der Waals surface area contributed by atoms with Crippen LogP contribution in [0.2, 0.25) is 0 Å². The van der Waals surface area contributed by atoms with Crippen LogP contribution in [-0.2, 0) is 19.2 Å². The van der Waals surface area contributed by atoms with Crippen LogP contribution in [0, 0.1) is 5.92 Å². The molecular formula is C9H14N2O5. The van der Waals surface area contributed by atoms with Gasteiger partial charge in [-0.1, -0.05) is 13.5 Å². The Balaban J connectivity index is 5.22. The molecule has 0 aromatic carbocycles. The molecule has 0 radical (unpaired) electrons. The van der Waals surface area contributed by atoms with Crippen molar-refractivity contribution in [3.05, 3.63) is 12.7 Å². The fraction of sp³-hybridized carbons (Fsp3) is 0.444. The fourth-order valence-corrected chi connectivity index (χ4v) is 1.23. The Hall–Kier alpha value is -1.73. The normalized spacial score (nSPS) is 15.7. The highest BCUT2D eigenvalue weighted by Gasteiger charge is 2.47. The number of rotatable bonds is 6. The maximum atomic E-state index is 11.5. The molecule has 7 nitrogen and oxygen atoms in total.